The van der Waals surface area contributed by atoms with Gasteiger partial charge in [-0.05, 0) is 83.4 Å². The number of anilines is 3. The van der Waals surface area contributed by atoms with Gasteiger partial charge in [0.1, 0.15) is 11.2 Å². The fraction of sp³-hybridized carbons (Fsp3) is 0. The summed E-state index contributed by atoms with van der Waals surface area (Å²) in [6.07, 6.45) is 1.80. The van der Waals surface area contributed by atoms with E-state index in [1.165, 1.54) is 5.39 Å². The molecule has 10 aromatic carbocycles. The zero-order valence-corrected chi connectivity index (χ0v) is 37.4. The molecule has 0 fully saturated rings. The smallest absolute Gasteiger partial charge is 0.161 e. The van der Waals surface area contributed by atoms with Crippen molar-refractivity contribution in [3.63, 3.8) is 0 Å². The molecule has 0 spiro atoms. The highest BCUT2D eigenvalue weighted by Crippen LogP contribution is 2.49. The molecule has 0 aliphatic rings. The van der Waals surface area contributed by atoms with E-state index in [2.05, 4.69) is 179 Å². The molecular formula is C63H43N5O. The predicted octanol–water partition coefficient (Wildman–Crippen LogP) is 16.4. The van der Waals surface area contributed by atoms with E-state index < -0.39 is 0 Å². The second kappa shape index (κ2) is 17.8. The van der Waals surface area contributed by atoms with Crippen molar-refractivity contribution in [1.29, 1.82) is 5.41 Å². The number of para-hydroxylation sites is 3. The van der Waals surface area contributed by atoms with Gasteiger partial charge in [0.15, 0.2) is 11.7 Å². The highest BCUT2D eigenvalue weighted by molar-refractivity contribution is 6.18. The number of benzene rings is 10. The van der Waals surface area contributed by atoms with Gasteiger partial charge in [0.2, 0.25) is 0 Å². The van der Waals surface area contributed by atoms with Gasteiger partial charge in [0, 0.05) is 73.1 Å². The third-order valence-electron chi connectivity index (χ3n) is 12.7. The summed E-state index contributed by atoms with van der Waals surface area (Å²) < 4.78 is 9.25. The fourth-order valence-corrected chi connectivity index (χ4v) is 9.49. The first-order chi connectivity index (χ1) is 34.1. The van der Waals surface area contributed by atoms with Crippen molar-refractivity contribution in [2.24, 2.45) is 9.98 Å². The number of aliphatic imine (C=N–C) groups is 2. The van der Waals surface area contributed by atoms with Crippen molar-refractivity contribution in [3.8, 4) is 27.9 Å². The summed E-state index contributed by atoms with van der Waals surface area (Å²) in [6, 6.07) is 85.5. The molecule has 1 N–H and O–H groups in total. The lowest BCUT2D eigenvalue weighted by Gasteiger charge is -2.31. The number of nitrogens with zero attached hydrogens (tertiary/aromatic N) is 4. The second-order valence-electron chi connectivity index (χ2n) is 17.0. The first-order valence-electron chi connectivity index (χ1n) is 23.1. The Morgan fingerprint density at radius 2 is 1.01 bits per heavy atom. The summed E-state index contributed by atoms with van der Waals surface area (Å²) in [5.74, 6) is 0.540. The molecular weight excluding hydrogens is 843 g/mol. The zero-order valence-electron chi connectivity index (χ0n) is 37.4. The van der Waals surface area contributed by atoms with Crippen LogP contribution in [0.5, 0.6) is 0 Å². The highest BCUT2D eigenvalue weighted by Gasteiger charge is 2.25. The van der Waals surface area contributed by atoms with E-state index in [-0.39, 0.29) is 5.84 Å². The quantitative estimate of drug-likeness (QED) is 0.116. The van der Waals surface area contributed by atoms with Gasteiger partial charge in [-0.25, -0.2) is 9.98 Å². The van der Waals surface area contributed by atoms with Crippen molar-refractivity contribution in [2.75, 3.05) is 4.90 Å². The van der Waals surface area contributed by atoms with Gasteiger partial charge in [-0.15, -0.1) is 0 Å². The maximum Gasteiger partial charge on any atom is 0.161 e. The topological polar surface area (TPSA) is 69.9 Å². The van der Waals surface area contributed by atoms with Crippen LogP contribution in [-0.4, -0.2) is 22.5 Å². The van der Waals surface area contributed by atoms with Crippen molar-refractivity contribution in [3.05, 3.63) is 265 Å². The summed E-state index contributed by atoms with van der Waals surface area (Å²) in [6.45, 7) is 0. The summed E-state index contributed by atoms with van der Waals surface area (Å²) in [5.41, 5.74) is 14.1. The summed E-state index contributed by atoms with van der Waals surface area (Å²) in [7, 11) is 0. The van der Waals surface area contributed by atoms with Crippen LogP contribution < -0.4 is 4.90 Å². The van der Waals surface area contributed by atoms with Crippen LogP contribution in [-0.2, 0) is 0 Å². The lowest BCUT2D eigenvalue weighted by Crippen LogP contribution is -2.14. The van der Waals surface area contributed by atoms with E-state index in [0.29, 0.717) is 11.4 Å². The molecule has 12 aromatic rings. The number of rotatable bonds is 9. The lowest BCUT2D eigenvalue weighted by atomic mass is 9.91. The lowest BCUT2D eigenvalue weighted by molar-refractivity contribution is 0.669. The SMILES string of the molecule is N=C(N=C(N=Cc1ccccc1)c1ccccc1)c1cc(-c2ccccc2)c(N(c2ccccc2)c2ccc3c(c2)oc2cc4c5ccccc5n(-c5ccccc5)c4cc23)c(-c2ccccc2)c1. The Labute approximate surface area is 399 Å². The van der Waals surface area contributed by atoms with Crippen LogP contribution in [0.15, 0.2) is 263 Å². The van der Waals surface area contributed by atoms with Gasteiger partial charge in [0.25, 0.3) is 0 Å². The van der Waals surface area contributed by atoms with Crippen LogP contribution >= 0.6 is 0 Å². The minimum Gasteiger partial charge on any atom is -0.456 e. The average Bonchev–Trinajstić information content (AvgIpc) is 3.94. The minimum absolute atomic E-state index is 0.0929. The molecule has 0 bridgehead atoms. The summed E-state index contributed by atoms with van der Waals surface area (Å²) >= 11 is 0. The molecule has 2 heterocycles. The van der Waals surface area contributed by atoms with E-state index in [9.17, 15) is 5.41 Å². The van der Waals surface area contributed by atoms with Crippen molar-refractivity contribution in [2.45, 2.75) is 0 Å². The monoisotopic (exact) mass is 885 g/mol. The van der Waals surface area contributed by atoms with Crippen LogP contribution in [0.1, 0.15) is 16.7 Å². The number of hydrogen-bond donors (Lipinski definition) is 1. The molecule has 0 aliphatic carbocycles. The van der Waals surface area contributed by atoms with Crippen LogP contribution in [0, 0.1) is 5.41 Å². The number of amidine groups is 2. The number of hydrogen-bond acceptors (Lipinski definition) is 3. The third-order valence-corrected chi connectivity index (χ3v) is 12.7. The molecule has 2 aromatic heterocycles. The molecule has 326 valence electrons. The highest BCUT2D eigenvalue weighted by atomic mass is 16.3. The molecule has 0 atom stereocenters. The van der Waals surface area contributed by atoms with Gasteiger partial charge < -0.3 is 13.9 Å². The number of aromatic nitrogens is 1. The Morgan fingerprint density at radius 1 is 0.449 bits per heavy atom. The fourth-order valence-electron chi connectivity index (χ4n) is 9.49. The van der Waals surface area contributed by atoms with E-state index in [1.807, 2.05) is 78.9 Å². The molecule has 0 unspecified atom stereocenters. The summed E-state index contributed by atoms with van der Waals surface area (Å²) in [5, 5.41) is 14.1. The summed E-state index contributed by atoms with van der Waals surface area (Å²) in [4.78, 5) is 12.2. The Hall–Kier alpha value is -9.39. The van der Waals surface area contributed by atoms with Crippen LogP contribution in [0.2, 0.25) is 0 Å². The number of nitrogens with one attached hydrogen (secondary N) is 1. The van der Waals surface area contributed by atoms with Gasteiger partial charge in [-0.3, -0.25) is 5.41 Å². The maximum atomic E-state index is 9.72. The molecule has 6 nitrogen and oxygen atoms in total. The molecule has 0 amide bonds. The van der Waals surface area contributed by atoms with E-state index >= 15 is 0 Å². The first kappa shape index (κ1) is 41.1. The molecule has 12 rings (SSSR count). The Balaban J connectivity index is 1.07. The van der Waals surface area contributed by atoms with Crippen molar-refractivity contribution < 1.29 is 4.42 Å². The number of furan rings is 1. The third kappa shape index (κ3) is 7.76. The molecule has 0 radical (unpaired) electrons. The van der Waals surface area contributed by atoms with Crippen LogP contribution in [0.3, 0.4) is 0 Å². The van der Waals surface area contributed by atoms with E-state index in [0.717, 1.165) is 94.5 Å². The second-order valence-corrected chi connectivity index (χ2v) is 17.0. The van der Waals surface area contributed by atoms with Crippen LogP contribution in [0.4, 0.5) is 17.1 Å². The van der Waals surface area contributed by atoms with Gasteiger partial charge in [-0.2, -0.15) is 0 Å². The Bertz CT molecular complexity index is 3820. The van der Waals surface area contributed by atoms with Gasteiger partial charge in [0.05, 0.1) is 16.7 Å². The zero-order chi connectivity index (χ0) is 46.1. The molecule has 0 aliphatic heterocycles. The molecule has 0 saturated carbocycles. The first-order valence-corrected chi connectivity index (χ1v) is 23.1. The van der Waals surface area contributed by atoms with E-state index in [1.54, 1.807) is 6.21 Å². The van der Waals surface area contributed by atoms with Gasteiger partial charge >= 0.3 is 0 Å². The van der Waals surface area contributed by atoms with Gasteiger partial charge in [-0.1, -0.05) is 176 Å². The molecule has 6 heteroatoms. The maximum absolute atomic E-state index is 9.72. The predicted molar refractivity (Wildman–Crippen MR) is 287 cm³/mol. The normalized spacial score (nSPS) is 11.9. The molecule has 0 saturated heterocycles. The standard InChI is InChI=1S/C63H43N5O/c64-62(66-63(46-27-13-4-14-28-46)65-42-43-21-7-1-8-22-43)47-37-53(44-23-9-2-10-24-44)61(54(38-47)45-25-11-3-12-26-45)67(48-29-15-5-16-30-48)50-35-36-52-56-40-58-55(41-60(56)69-59(52)39-50)51-33-19-20-34-57(51)68(58)49-31-17-6-18-32-49/h1-42,64H. The van der Waals surface area contributed by atoms with Crippen LogP contribution in [0.25, 0.3) is 71.7 Å². The largest absolute Gasteiger partial charge is 0.456 e. The average molecular weight is 886 g/mol. The molecule has 69 heavy (non-hydrogen) atoms. The number of fused-ring (bicyclic) bond motifs is 6. The van der Waals surface area contributed by atoms with Crippen molar-refractivity contribution >= 4 is 78.7 Å². The Kier molecular flexibility index (Phi) is 10.6. The van der Waals surface area contributed by atoms with Crippen molar-refractivity contribution in [1.82, 2.24) is 4.57 Å². The minimum atomic E-state index is 0.0929. The van der Waals surface area contributed by atoms with E-state index in [4.69, 9.17) is 14.4 Å². The Morgan fingerprint density at radius 3 is 1.68 bits per heavy atom.